The Labute approximate surface area is 135 Å². The van der Waals surface area contributed by atoms with Crippen molar-refractivity contribution in [3.8, 4) is 0 Å². The van der Waals surface area contributed by atoms with Crippen LogP contribution in [0.4, 0.5) is 4.79 Å². The van der Waals surface area contributed by atoms with E-state index in [2.05, 4.69) is 45.0 Å². The molecule has 1 amide bonds. The number of hydrazine groups is 1. The Bertz CT molecular complexity index is 373. The Hall–Kier alpha value is -1.55. The molecule has 0 saturated heterocycles. The summed E-state index contributed by atoms with van der Waals surface area (Å²) in [4.78, 5) is 10.5. The summed E-state index contributed by atoms with van der Waals surface area (Å²) in [5.41, 5.74) is 4.66. The second-order valence-corrected chi connectivity index (χ2v) is 5.49. The van der Waals surface area contributed by atoms with Crippen molar-refractivity contribution in [1.82, 2.24) is 5.43 Å². The summed E-state index contributed by atoms with van der Waals surface area (Å²) >= 11 is 0. The summed E-state index contributed by atoms with van der Waals surface area (Å²) in [5, 5.41) is 0. The highest BCUT2D eigenvalue weighted by Gasteiger charge is 1.96. The zero-order valence-corrected chi connectivity index (χ0v) is 14.4. The highest BCUT2D eigenvalue weighted by molar-refractivity contribution is 5.66. The van der Waals surface area contributed by atoms with Gasteiger partial charge in [0.1, 0.15) is 0 Å². The average Bonchev–Trinajstić information content (AvgIpc) is 2.53. The molecule has 22 heavy (non-hydrogen) atoms. The van der Waals surface area contributed by atoms with E-state index in [0.29, 0.717) is 6.61 Å². The molecule has 0 aliphatic rings. The van der Waals surface area contributed by atoms with E-state index in [1.807, 2.05) is 5.43 Å². The van der Waals surface area contributed by atoms with Crippen LogP contribution in [-0.2, 0) is 4.74 Å². The third-order valence-electron chi connectivity index (χ3n) is 3.52. The lowest BCUT2D eigenvalue weighted by Gasteiger charge is -2.03. The first kappa shape index (κ1) is 20.5. The van der Waals surface area contributed by atoms with Crippen LogP contribution in [0, 0.1) is 13.8 Å². The summed E-state index contributed by atoms with van der Waals surface area (Å²) in [6, 6.07) is 8.36. The van der Waals surface area contributed by atoms with Crippen LogP contribution in [0.2, 0.25) is 0 Å². The number of unbranched alkanes of at least 4 members (excludes halogenated alkanes) is 6. The van der Waals surface area contributed by atoms with Gasteiger partial charge < -0.3 is 4.74 Å². The van der Waals surface area contributed by atoms with Gasteiger partial charge in [-0.25, -0.2) is 10.6 Å². The van der Waals surface area contributed by atoms with Crippen molar-refractivity contribution in [3.63, 3.8) is 0 Å². The lowest BCUT2D eigenvalue weighted by atomic mass is 10.1. The fraction of sp³-hybridized carbons (Fsp3) is 0.611. The smallest absolute Gasteiger partial charge is 0.421 e. The number of aryl methyl sites for hydroxylation is 2. The Morgan fingerprint density at radius 2 is 1.50 bits per heavy atom. The van der Waals surface area contributed by atoms with E-state index in [0.717, 1.165) is 12.8 Å². The number of carbonyl (C=O) groups is 1. The normalized spacial score (nSPS) is 9.64. The molecule has 0 spiro atoms. The van der Waals surface area contributed by atoms with Crippen molar-refractivity contribution in [1.29, 1.82) is 0 Å². The molecule has 126 valence electrons. The topological polar surface area (TPSA) is 64.3 Å². The number of nitrogens with one attached hydrogen (secondary N) is 1. The first-order chi connectivity index (χ1) is 10.6. The molecule has 0 saturated carbocycles. The molecule has 4 nitrogen and oxygen atoms in total. The second-order valence-electron chi connectivity index (χ2n) is 5.49. The largest absolute Gasteiger partial charge is 0.449 e. The van der Waals surface area contributed by atoms with E-state index >= 15 is 0 Å². The predicted molar refractivity (Wildman–Crippen MR) is 92.6 cm³/mol. The number of nitrogens with two attached hydrogens (primary N) is 1. The molecule has 0 fully saturated rings. The molecule has 0 aliphatic carbocycles. The first-order valence-electron chi connectivity index (χ1n) is 8.27. The molecule has 1 aromatic carbocycles. The number of benzene rings is 1. The van der Waals surface area contributed by atoms with E-state index in [1.54, 1.807) is 0 Å². The first-order valence-corrected chi connectivity index (χ1v) is 8.27. The Balaban J connectivity index is 0.000000461. The number of carbonyl (C=O) groups excluding carboxylic acids is 1. The van der Waals surface area contributed by atoms with Gasteiger partial charge in [0, 0.05) is 0 Å². The Morgan fingerprint density at radius 1 is 1.00 bits per heavy atom. The van der Waals surface area contributed by atoms with Crippen molar-refractivity contribution < 1.29 is 9.53 Å². The number of hydrogen-bond donors (Lipinski definition) is 2. The maximum Gasteiger partial charge on any atom is 0.421 e. The van der Waals surface area contributed by atoms with Gasteiger partial charge in [-0.1, -0.05) is 69.7 Å². The van der Waals surface area contributed by atoms with Gasteiger partial charge >= 0.3 is 6.09 Å². The van der Waals surface area contributed by atoms with E-state index in [9.17, 15) is 4.79 Å². The number of rotatable bonds is 8. The maximum absolute atomic E-state index is 10.5. The minimum absolute atomic E-state index is 0.469. The van der Waals surface area contributed by atoms with Gasteiger partial charge in [0.05, 0.1) is 6.61 Å². The van der Waals surface area contributed by atoms with Crippen molar-refractivity contribution in [2.75, 3.05) is 6.61 Å². The zero-order chi connectivity index (χ0) is 16.6. The number of ether oxygens (including phenoxy) is 1. The lowest BCUT2D eigenvalue weighted by Crippen LogP contribution is -2.30. The number of hydrogen-bond acceptors (Lipinski definition) is 3. The standard InChI is InChI=1S/C10H22N2O2.C8H10/c1-2-3-4-5-6-7-8-9-14-10(13)12-11;1-7-5-3-4-6-8(7)2/h2-9,11H2,1H3,(H,12,13);3-6H,1-2H3. The van der Waals surface area contributed by atoms with Crippen molar-refractivity contribution in [2.45, 2.75) is 65.7 Å². The van der Waals surface area contributed by atoms with E-state index in [1.165, 1.54) is 43.2 Å². The second kappa shape index (κ2) is 14.4. The third kappa shape index (κ3) is 12.2. The Morgan fingerprint density at radius 3 is 1.95 bits per heavy atom. The van der Waals surface area contributed by atoms with Gasteiger partial charge in [-0.2, -0.15) is 0 Å². The van der Waals surface area contributed by atoms with Crippen LogP contribution in [0.15, 0.2) is 24.3 Å². The SMILES string of the molecule is CCCCCCCCCOC(=O)NN.Cc1ccccc1C. The van der Waals surface area contributed by atoms with Gasteiger partial charge in [-0.15, -0.1) is 0 Å². The lowest BCUT2D eigenvalue weighted by molar-refractivity contribution is 0.144. The summed E-state index contributed by atoms with van der Waals surface area (Å²) in [6.07, 6.45) is 7.95. The molecule has 0 heterocycles. The average molecular weight is 308 g/mol. The summed E-state index contributed by atoms with van der Waals surface area (Å²) in [5.74, 6) is 4.84. The fourth-order valence-electron chi connectivity index (χ4n) is 1.93. The van der Waals surface area contributed by atoms with Crippen molar-refractivity contribution >= 4 is 6.09 Å². The highest BCUT2D eigenvalue weighted by atomic mass is 16.5. The van der Waals surface area contributed by atoms with Gasteiger partial charge in [0.25, 0.3) is 0 Å². The Kier molecular flexibility index (Phi) is 13.4. The molecule has 4 heteroatoms. The van der Waals surface area contributed by atoms with Crippen LogP contribution >= 0.6 is 0 Å². The molecule has 3 N–H and O–H groups in total. The van der Waals surface area contributed by atoms with E-state index in [-0.39, 0.29) is 0 Å². The summed E-state index contributed by atoms with van der Waals surface area (Å²) < 4.78 is 4.74. The van der Waals surface area contributed by atoms with Gasteiger partial charge in [-0.3, -0.25) is 5.43 Å². The monoisotopic (exact) mass is 308 g/mol. The predicted octanol–water partition coefficient (Wildman–Crippen LogP) is 4.64. The highest BCUT2D eigenvalue weighted by Crippen LogP contribution is 2.06. The van der Waals surface area contributed by atoms with Crippen molar-refractivity contribution in [3.05, 3.63) is 35.4 Å². The van der Waals surface area contributed by atoms with Crippen LogP contribution in [0.3, 0.4) is 0 Å². The molecule has 0 unspecified atom stereocenters. The summed E-state index contributed by atoms with van der Waals surface area (Å²) in [7, 11) is 0. The van der Waals surface area contributed by atoms with Crippen molar-refractivity contribution in [2.24, 2.45) is 5.84 Å². The van der Waals surface area contributed by atoms with Gasteiger partial charge in [-0.05, 0) is 31.4 Å². The molecule has 0 radical (unpaired) electrons. The van der Waals surface area contributed by atoms with Crippen LogP contribution in [0.25, 0.3) is 0 Å². The van der Waals surface area contributed by atoms with E-state index in [4.69, 9.17) is 10.6 Å². The quantitative estimate of drug-likeness (QED) is 0.318. The molecule has 1 aromatic rings. The number of amides is 1. The van der Waals surface area contributed by atoms with Gasteiger partial charge in [0.15, 0.2) is 0 Å². The molecular formula is C18H32N2O2. The van der Waals surface area contributed by atoms with Crippen LogP contribution in [-0.4, -0.2) is 12.7 Å². The molecule has 0 aromatic heterocycles. The zero-order valence-electron chi connectivity index (χ0n) is 14.4. The molecule has 1 rings (SSSR count). The summed E-state index contributed by atoms with van der Waals surface area (Å²) in [6.45, 7) is 6.92. The van der Waals surface area contributed by atoms with Gasteiger partial charge in [0.2, 0.25) is 0 Å². The molecule has 0 bridgehead atoms. The van der Waals surface area contributed by atoms with Crippen LogP contribution in [0.5, 0.6) is 0 Å². The maximum atomic E-state index is 10.5. The minimum atomic E-state index is -0.545. The fourth-order valence-corrected chi connectivity index (χ4v) is 1.93. The van der Waals surface area contributed by atoms with Crippen LogP contribution < -0.4 is 11.3 Å². The molecule has 0 atom stereocenters. The molecule has 0 aliphatic heterocycles. The van der Waals surface area contributed by atoms with Crippen LogP contribution in [0.1, 0.15) is 63.0 Å². The van der Waals surface area contributed by atoms with E-state index < -0.39 is 6.09 Å². The minimum Gasteiger partial charge on any atom is -0.449 e. The third-order valence-corrected chi connectivity index (χ3v) is 3.52. The molecular weight excluding hydrogens is 276 g/mol.